The molecule has 0 amide bonds. The van der Waals surface area contributed by atoms with E-state index in [9.17, 15) is 14.4 Å². The van der Waals surface area contributed by atoms with Gasteiger partial charge in [-0.05, 0) is 37.0 Å². The number of hydrogen-bond acceptors (Lipinski definition) is 6. The van der Waals surface area contributed by atoms with Crippen molar-refractivity contribution in [3.05, 3.63) is 0 Å². The van der Waals surface area contributed by atoms with Crippen LogP contribution in [-0.2, 0) is 28.6 Å². The third-order valence-electron chi connectivity index (χ3n) is 10.6. The topological polar surface area (TPSA) is 78.9 Å². The van der Waals surface area contributed by atoms with Crippen molar-refractivity contribution in [1.82, 2.24) is 0 Å². The van der Waals surface area contributed by atoms with Gasteiger partial charge in [-0.15, -0.1) is 0 Å². The molecule has 0 aliphatic rings. The summed E-state index contributed by atoms with van der Waals surface area (Å²) < 4.78 is 16.7. The van der Waals surface area contributed by atoms with Crippen LogP contribution in [0.5, 0.6) is 0 Å². The van der Waals surface area contributed by atoms with E-state index in [4.69, 9.17) is 14.2 Å². The van der Waals surface area contributed by atoms with Gasteiger partial charge in [0.2, 0.25) is 0 Å². The second-order valence-corrected chi connectivity index (χ2v) is 16.3. The zero-order chi connectivity index (χ0) is 37.8. The van der Waals surface area contributed by atoms with E-state index in [-0.39, 0.29) is 31.1 Å². The zero-order valence-electron chi connectivity index (χ0n) is 34.9. The van der Waals surface area contributed by atoms with E-state index in [1.54, 1.807) is 0 Å². The molecule has 0 aromatic rings. The first-order chi connectivity index (χ1) is 24.7. The second kappa shape index (κ2) is 36.8. The summed E-state index contributed by atoms with van der Waals surface area (Å²) >= 11 is 0. The van der Waals surface area contributed by atoms with Crippen molar-refractivity contribution in [2.75, 3.05) is 13.2 Å². The average Bonchev–Trinajstić information content (AvgIpc) is 3.11. The molecule has 0 fully saturated rings. The maximum Gasteiger partial charge on any atom is 0.306 e. The van der Waals surface area contributed by atoms with Gasteiger partial charge >= 0.3 is 17.9 Å². The Morgan fingerprint density at radius 2 is 0.686 bits per heavy atom. The fourth-order valence-corrected chi connectivity index (χ4v) is 6.46. The average molecular weight is 723 g/mol. The Balaban J connectivity index is 4.33. The summed E-state index contributed by atoms with van der Waals surface area (Å²) in [5.74, 6) is 1.57. The van der Waals surface area contributed by atoms with Crippen LogP contribution in [0.3, 0.4) is 0 Å². The molecule has 51 heavy (non-hydrogen) atoms. The van der Waals surface area contributed by atoms with Crippen LogP contribution in [0.2, 0.25) is 0 Å². The Morgan fingerprint density at radius 3 is 1.02 bits per heavy atom. The van der Waals surface area contributed by atoms with Crippen LogP contribution in [0, 0.1) is 17.8 Å². The summed E-state index contributed by atoms with van der Waals surface area (Å²) in [6, 6.07) is 0. The van der Waals surface area contributed by atoms with E-state index in [1.165, 1.54) is 116 Å². The van der Waals surface area contributed by atoms with E-state index in [0.717, 1.165) is 75.5 Å². The van der Waals surface area contributed by atoms with Gasteiger partial charge in [0.1, 0.15) is 13.2 Å². The molecule has 0 saturated heterocycles. The number of esters is 3. The molecular formula is C45H86O6. The lowest BCUT2D eigenvalue weighted by Crippen LogP contribution is -2.30. The van der Waals surface area contributed by atoms with Crippen LogP contribution in [0.15, 0.2) is 0 Å². The molecule has 0 saturated carbocycles. The largest absolute Gasteiger partial charge is 0.462 e. The van der Waals surface area contributed by atoms with Crippen LogP contribution in [-0.4, -0.2) is 37.2 Å². The van der Waals surface area contributed by atoms with Crippen molar-refractivity contribution >= 4 is 17.9 Å². The van der Waals surface area contributed by atoms with Crippen LogP contribution in [0.25, 0.3) is 0 Å². The molecule has 0 aliphatic carbocycles. The highest BCUT2D eigenvalue weighted by Gasteiger charge is 2.19. The van der Waals surface area contributed by atoms with Crippen LogP contribution < -0.4 is 0 Å². The van der Waals surface area contributed by atoms with E-state index < -0.39 is 6.10 Å². The maximum absolute atomic E-state index is 12.6. The van der Waals surface area contributed by atoms with Gasteiger partial charge in [-0.25, -0.2) is 0 Å². The molecule has 0 aliphatic heterocycles. The molecular weight excluding hydrogens is 636 g/mol. The number of rotatable bonds is 38. The van der Waals surface area contributed by atoms with Gasteiger partial charge < -0.3 is 14.2 Å². The van der Waals surface area contributed by atoms with E-state index >= 15 is 0 Å². The summed E-state index contributed by atoms with van der Waals surface area (Å²) in [5.41, 5.74) is 0. The molecule has 0 rings (SSSR count). The Kier molecular flexibility index (Phi) is 35.6. The third kappa shape index (κ3) is 36.6. The first kappa shape index (κ1) is 49.4. The molecule has 2 unspecified atom stereocenters. The van der Waals surface area contributed by atoms with Crippen molar-refractivity contribution in [3.63, 3.8) is 0 Å². The molecule has 302 valence electrons. The summed E-state index contributed by atoms with van der Waals surface area (Å²) in [6.07, 6.45) is 32.4. The lowest BCUT2D eigenvalue weighted by molar-refractivity contribution is -0.167. The number of hydrogen-bond donors (Lipinski definition) is 0. The Bertz CT molecular complexity index is 796. The van der Waals surface area contributed by atoms with Gasteiger partial charge in [-0.1, -0.05) is 196 Å². The quantitative estimate of drug-likeness (QED) is 0.0359. The van der Waals surface area contributed by atoms with Gasteiger partial charge in [0.05, 0.1) is 0 Å². The first-order valence-electron chi connectivity index (χ1n) is 22.2. The van der Waals surface area contributed by atoms with Gasteiger partial charge in [0.15, 0.2) is 6.10 Å². The number of carbonyl (C=O) groups is 3. The SMILES string of the molecule is CCC(C)CCCCCCCCCCCCC(=O)OC[C@@H](COC(=O)CCCCCCCCC(C)CC)OC(=O)CCCCCCCCC(C)C. The van der Waals surface area contributed by atoms with E-state index in [0.29, 0.717) is 19.3 Å². The van der Waals surface area contributed by atoms with Crippen molar-refractivity contribution in [2.24, 2.45) is 17.8 Å². The predicted molar refractivity (Wildman–Crippen MR) is 215 cm³/mol. The molecule has 0 N–H and O–H groups in total. The Labute approximate surface area is 317 Å². The monoisotopic (exact) mass is 723 g/mol. The lowest BCUT2D eigenvalue weighted by Gasteiger charge is -2.18. The molecule has 0 aromatic heterocycles. The minimum atomic E-state index is -0.762. The van der Waals surface area contributed by atoms with Gasteiger partial charge in [0.25, 0.3) is 0 Å². The zero-order valence-corrected chi connectivity index (χ0v) is 34.9. The molecule has 0 spiro atoms. The molecule has 0 heterocycles. The van der Waals surface area contributed by atoms with Crippen molar-refractivity contribution < 1.29 is 28.6 Å². The van der Waals surface area contributed by atoms with Crippen molar-refractivity contribution in [3.8, 4) is 0 Å². The summed E-state index contributed by atoms with van der Waals surface area (Å²) in [7, 11) is 0. The van der Waals surface area contributed by atoms with E-state index in [2.05, 4.69) is 41.5 Å². The van der Waals surface area contributed by atoms with Crippen LogP contribution >= 0.6 is 0 Å². The molecule has 3 atom stereocenters. The fraction of sp³-hybridized carbons (Fsp3) is 0.933. The van der Waals surface area contributed by atoms with Gasteiger partial charge in [-0.3, -0.25) is 14.4 Å². The minimum absolute atomic E-state index is 0.0677. The first-order valence-corrected chi connectivity index (χ1v) is 22.2. The molecule has 0 bridgehead atoms. The smallest absolute Gasteiger partial charge is 0.306 e. The van der Waals surface area contributed by atoms with E-state index in [1.807, 2.05) is 0 Å². The Morgan fingerprint density at radius 1 is 0.392 bits per heavy atom. The maximum atomic E-state index is 12.6. The molecule has 6 heteroatoms. The Hall–Kier alpha value is -1.59. The van der Waals surface area contributed by atoms with Crippen LogP contribution in [0.1, 0.15) is 234 Å². The normalized spacial score (nSPS) is 13.2. The number of carbonyl (C=O) groups excluding carboxylic acids is 3. The minimum Gasteiger partial charge on any atom is -0.462 e. The number of unbranched alkanes of at least 4 members (excludes halogenated alkanes) is 19. The highest BCUT2D eigenvalue weighted by Crippen LogP contribution is 2.17. The summed E-state index contributed by atoms with van der Waals surface area (Å²) in [5, 5.41) is 0. The standard InChI is InChI=1S/C45H86O6/c1-7-40(5)32-26-20-13-11-9-10-12-14-22-28-34-43(46)49-37-42(51-45(48)36-30-24-17-15-19-25-31-39(3)4)38-50-44(47)35-29-23-18-16-21-27-33-41(6)8-2/h39-42H,7-38H2,1-6H3/t40?,41?,42-/m0/s1. The molecule has 6 nitrogen and oxygen atoms in total. The summed E-state index contributed by atoms with van der Waals surface area (Å²) in [6.45, 7) is 13.6. The molecule has 0 radical (unpaired) electrons. The molecule has 0 aromatic carbocycles. The third-order valence-corrected chi connectivity index (χ3v) is 10.6. The van der Waals surface area contributed by atoms with Crippen molar-refractivity contribution in [2.45, 2.75) is 240 Å². The second-order valence-electron chi connectivity index (χ2n) is 16.3. The highest BCUT2D eigenvalue weighted by atomic mass is 16.6. The predicted octanol–water partition coefficient (Wildman–Crippen LogP) is 13.7. The number of ether oxygens (including phenoxy) is 3. The van der Waals surface area contributed by atoms with Gasteiger partial charge in [0, 0.05) is 19.3 Å². The lowest BCUT2D eigenvalue weighted by atomic mass is 9.99. The van der Waals surface area contributed by atoms with Crippen LogP contribution in [0.4, 0.5) is 0 Å². The van der Waals surface area contributed by atoms with Crippen molar-refractivity contribution in [1.29, 1.82) is 0 Å². The summed E-state index contributed by atoms with van der Waals surface area (Å²) in [4.78, 5) is 37.6. The van der Waals surface area contributed by atoms with Gasteiger partial charge in [-0.2, -0.15) is 0 Å². The fourth-order valence-electron chi connectivity index (χ4n) is 6.46. The highest BCUT2D eigenvalue weighted by molar-refractivity contribution is 5.71.